The fourth-order valence-electron chi connectivity index (χ4n) is 3.39. The summed E-state index contributed by atoms with van der Waals surface area (Å²) in [6.07, 6.45) is 0.0640. The molecule has 4 aromatic rings. The Kier molecular flexibility index (Phi) is 5.99. The minimum atomic E-state index is -0.435. The number of carbonyl (C=O) groups is 2. The average molecular weight is 436 g/mol. The highest BCUT2D eigenvalue weighted by molar-refractivity contribution is 7.12. The first-order valence-corrected chi connectivity index (χ1v) is 10.8. The first-order chi connectivity index (χ1) is 15.1. The van der Waals surface area contributed by atoms with Crippen LogP contribution in [-0.2, 0) is 17.9 Å². The zero-order chi connectivity index (χ0) is 21.8. The number of rotatable bonds is 7. The van der Waals surface area contributed by atoms with Crippen molar-refractivity contribution in [3.8, 4) is 5.75 Å². The van der Waals surface area contributed by atoms with E-state index in [1.54, 1.807) is 39.5 Å². The summed E-state index contributed by atoms with van der Waals surface area (Å²) in [5.41, 5.74) is 2.12. The number of amides is 1. The number of nitrogens with zero attached hydrogens (tertiary/aromatic N) is 2. The molecule has 0 aliphatic heterocycles. The number of imidazole rings is 1. The third-order valence-electron chi connectivity index (χ3n) is 4.87. The van der Waals surface area contributed by atoms with Crippen LogP contribution in [0.3, 0.4) is 0 Å². The van der Waals surface area contributed by atoms with E-state index in [2.05, 4.69) is 5.32 Å². The average Bonchev–Trinajstić information content (AvgIpc) is 3.40. The maximum absolute atomic E-state index is 12.6. The Bertz CT molecular complexity index is 1270. The topological polar surface area (TPSA) is 82.3 Å². The maximum Gasteiger partial charge on any atom is 0.329 e. The Labute approximate surface area is 182 Å². The van der Waals surface area contributed by atoms with E-state index in [1.165, 1.54) is 11.3 Å². The van der Waals surface area contributed by atoms with Gasteiger partial charge in [0.25, 0.3) is 5.91 Å². The molecule has 2 aromatic heterocycles. The number of thiophene rings is 1. The van der Waals surface area contributed by atoms with Crippen molar-refractivity contribution in [1.82, 2.24) is 9.13 Å². The standard InChI is InChI=1S/C23H21N3O4S/c1-2-25-18-6-3-4-7-19(18)26(23(25)29)14-13-21(27)30-17-11-9-16(10-12-17)24-22(28)20-8-5-15-31-20/h3-12,15H,2,13-14H2,1H3,(H,24,28). The summed E-state index contributed by atoms with van der Waals surface area (Å²) >= 11 is 1.36. The molecule has 0 spiro atoms. The van der Waals surface area contributed by atoms with Gasteiger partial charge in [0.1, 0.15) is 5.75 Å². The molecule has 0 saturated heterocycles. The van der Waals surface area contributed by atoms with Crippen LogP contribution in [0.2, 0.25) is 0 Å². The number of anilines is 1. The number of aromatic nitrogens is 2. The lowest BCUT2D eigenvalue weighted by Gasteiger charge is -2.07. The first kappa shape index (κ1) is 20.6. The number of esters is 1. The van der Waals surface area contributed by atoms with Gasteiger partial charge in [-0.05, 0) is 54.8 Å². The Morgan fingerprint density at radius 3 is 2.32 bits per heavy atom. The molecule has 1 N–H and O–H groups in total. The Morgan fingerprint density at radius 1 is 0.968 bits per heavy atom. The van der Waals surface area contributed by atoms with Crippen LogP contribution in [0.5, 0.6) is 5.75 Å². The van der Waals surface area contributed by atoms with E-state index in [0.717, 1.165) is 11.0 Å². The zero-order valence-corrected chi connectivity index (χ0v) is 17.7. The van der Waals surface area contributed by atoms with Crippen molar-refractivity contribution >= 4 is 39.9 Å². The van der Waals surface area contributed by atoms with Gasteiger partial charge in [-0.2, -0.15) is 0 Å². The van der Waals surface area contributed by atoms with E-state index in [1.807, 2.05) is 42.6 Å². The molecule has 1 amide bonds. The zero-order valence-electron chi connectivity index (χ0n) is 16.9. The lowest BCUT2D eigenvalue weighted by atomic mass is 10.3. The van der Waals surface area contributed by atoms with E-state index < -0.39 is 5.97 Å². The van der Waals surface area contributed by atoms with E-state index >= 15 is 0 Å². The van der Waals surface area contributed by atoms with Crippen LogP contribution in [0.1, 0.15) is 23.0 Å². The fraction of sp³-hybridized carbons (Fsp3) is 0.174. The first-order valence-electron chi connectivity index (χ1n) is 9.90. The molecule has 0 unspecified atom stereocenters. The van der Waals surface area contributed by atoms with Crippen molar-refractivity contribution in [1.29, 1.82) is 0 Å². The molecule has 2 heterocycles. The van der Waals surface area contributed by atoms with Gasteiger partial charge in [-0.25, -0.2) is 4.79 Å². The third kappa shape index (κ3) is 4.44. The van der Waals surface area contributed by atoms with Crippen molar-refractivity contribution in [2.45, 2.75) is 26.4 Å². The van der Waals surface area contributed by atoms with Gasteiger partial charge in [0, 0.05) is 18.8 Å². The van der Waals surface area contributed by atoms with E-state index in [-0.39, 0.29) is 24.6 Å². The van der Waals surface area contributed by atoms with Crippen LogP contribution in [0.4, 0.5) is 5.69 Å². The number of aryl methyl sites for hydroxylation is 2. The lowest BCUT2D eigenvalue weighted by molar-refractivity contribution is -0.134. The van der Waals surface area contributed by atoms with Crippen LogP contribution < -0.4 is 15.7 Å². The molecule has 0 aliphatic rings. The Morgan fingerprint density at radius 2 is 1.68 bits per heavy atom. The fourth-order valence-corrected chi connectivity index (χ4v) is 4.01. The van der Waals surface area contributed by atoms with Crippen LogP contribution in [0.15, 0.2) is 70.8 Å². The second kappa shape index (κ2) is 9.01. The van der Waals surface area contributed by atoms with Gasteiger partial charge in [-0.3, -0.25) is 18.7 Å². The number of hydrogen-bond donors (Lipinski definition) is 1. The van der Waals surface area contributed by atoms with E-state index in [4.69, 9.17) is 4.74 Å². The van der Waals surface area contributed by atoms with Gasteiger partial charge < -0.3 is 10.1 Å². The lowest BCUT2D eigenvalue weighted by Crippen LogP contribution is -2.25. The van der Waals surface area contributed by atoms with E-state index in [0.29, 0.717) is 22.9 Å². The van der Waals surface area contributed by atoms with Crippen LogP contribution in [0, 0.1) is 0 Å². The van der Waals surface area contributed by atoms with E-state index in [9.17, 15) is 14.4 Å². The predicted molar refractivity (Wildman–Crippen MR) is 121 cm³/mol. The Balaban J connectivity index is 1.37. The molecule has 8 heteroatoms. The summed E-state index contributed by atoms with van der Waals surface area (Å²) in [7, 11) is 0. The summed E-state index contributed by atoms with van der Waals surface area (Å²) in [4.78, 5) is 37.7. The molecule has 158 valence electrons. The normalized spacial score (nSPS) is 10.9. The van der Waals surface area contributed by atoms with Gasteiger partial charge in [-0.15, -0.1) is 11.3 Å². The van der Waals surface area contributed by atoms with Crippen molar-refractivity contribution in [3.63, 3.8) is 0 Å². The molecule has 0 saturated carbocycles. The molecule has 4 rings (SSSR count). The van der Waals surface area contributed by atoms with Crippen molar-refractivity contribution in [3.05, 3.63) is 81.4 Å². The molecule has 0 radical (unpaired) electrons. The molecule has 2 aromatic carbocycles. The number of hydrogen-bond acceptors (Lipinski definition) is 5. The smallest absolute Gasteiger partial charge is 0.329 e. The highest BCUT2D eigenvalue weighted by atomic mass is 32.1. The monoisotopic (exact) mass is 435 g/mol. The summed E-state index contributed by atoms with van der Waals surface area (Å²) < 4.78 is 8.67. The molecule has 0 fully saturated rings. The minimum Gasteiger partial charge on any atom is -0.426 e. The molecular weight excluding hydrogens is 414 g/mol. The summed E-state index contributed by atoms with van der Waals surface area (Å²) in [5, 5.41) is 4.63. The number of nitrogens with one attached hydrogen (secondary N) is 1. The summed E-state index contributed by atoms with van der Waals surface area (Å²) in [5.74, 6) is -0.241. The molecule has 7 nitrogen and oxygen atoms in total. The number of carbonyl (C=O) groups excluding carboxylic acids is 2. The quantitative estimate of drug-likeness (QED) is 0.350. The number of para-hydroxylation sites is 2. The SMILES string of the molecule is CCn1c(=O)n(CCC(=O)Oc2ccc(NC(=O)c3cccs3)cc2)c2ccccc21. The number of fused-ring (bicyclic) bond motifs is 1. The predicted octanol–water partition coefficient (Wildman–Crippen LogP) is 4.13. The minimum absolute atomic E-state index is 0.0640. The summed E-state index contributed by atoms with van der Waals surface area (Å²) in [6, 6.07) is 17.7. The third-order valence-corrected chi connectivity index (χ3v) is 5.74. The van der Waals surface area contributed by atoms with Gasteiger partial charge in [0.15, 0.2) is 0 Å². The van der Waals surface area contributed by atoms with Crippen LogP contribution in [-0.4, -0.2) is 21.0 Å². The molecule has 0 bridgehead atoms. The van der Waals surface area contributed by atoms with Gasteiger partial charge in [-0.1, -0.05) is 18.2 Å². The molecule has 0 atom stereocenters. The van der Waals surface area contributed by atoms with Crippen molar-refractivity contribution < 1.29 is 14.3 Å². The van der Waals surface area contributed by atoms with Gasteiger partial charge in [0.05, 0.1) is 22.3 Å². The van der Waals surface area contributed by atoms with Crippen LogP contribution >= 0.6 is 11.3 Å². The van der Waals surface area contributed by atoms with Crippen molar-refractivity contribution in [2.24, 2.45) is 0 Å². The summed E-state index contributed by atoms with van der Waals surface area (Å²) in [6.45, 7) is 2.71. The highest BCUT2D eigenvalue weighted by Gasteiger charge is 2.14. The van der Waals surface area contributed by atoms with Gasteiger partial charge >= 0.3 is 11.7 Å². The molecular formula is C23H21N3O4S. The number of benzene rings is 2. The number of ether oxygens (including phenoxy) is 1. The van der Waals surface area contributed by atoms with Gasteiger partial charge in [0.2, 0.25) is 0 Å². The second-order valence-corrected chi connectivity index (χ2v) is 7.79. The van der Waals surface area contributed by atoms with Crippen molar-refractivity contribution in [2.75, 3.05) is 5.32 Å². The Hall–Kier alpha value is -3.65. The largest absolute Gasteiger partial charge is 0.426 e. The highest BCUT2D eigenvalue weighted by Crippen LogP contribution is 2.19. The maximum atomic E-state index is 12.6. The molecule has 31 heavy (non-hydrogen) atoms. The second-order valence-electron chi connectivity index (χ2n) is 6.85. The molecule has 0 aliphatic carbocycles. The van der Waals surface area contributed by atoms with Crippen LogP contribution in [0.25, 0.3) is 11.0 Å².